The van der Waals surface area contributed by atoms with E-state index < -0.39 is 0 Å². The molecule has 136 valence electrons. The minimum atomic E-state index is -0.252. The fraction of sp³-hybridized carbons (Fsp3) is 0.400. The highest BCUT2D eigenvalue weighted by atomic mass is 16.5. The van der Waals surface area contributed by atoms with Crippen LogP contribution >= 0.6 is 0 Å². The number of nitrogens with two attached hydrogens (primary N) is 1. The molecule has 6 nitrogen and oxygen atoms in total. The van der Waals surface area contributed by atoms with Gasteiger partial charge < -0.3 is 15.2 Å². The minimum absolute atomic E-state index is 0.0958. The topological polar surface area (TPSA) is 77.7 Å². The molecule has 2 aromatic rings. The lowest BCUT2D eigenvalue weighted by molar-refractivity contribution is -0.122. The lowest BCUT2D eigenvalue weighted by Gasteiger charge is -2.17. The van der Waals surface area contributed by atoms with Crippen LogP contribution in [-0.4, -0.2) is 42.1 Å². The van der Waals surface area contributed by atoms with Crippen molar-refractivity contribution in [1.29, 1.82) is 0 Å². The number of hydrogen-bond acceptors (Lipinski definition) is 5. The number of amides is 1. The maximum Gasteiger partial charge on any atom is 0.222 e. The molecule has 26 heavy (non-hydrogen) atoms. The zero-order valence-corrected chi connectivity index (χ0v) is 14.6. The van der Waals surface area contributed by atoms with Crippen LogP contribution in [0.4, 0.5) is 0 Å². The van der Waals surface area contributed by atoms with E-state index in [4.69, 9.17) is 15.2 Å². The highest BCUT2D eigenvalue weighted by Crippen LogP contribution is 2.29. The van der Waals surface area contributed by atoms with Crippen LogP contribution in [0.25, 0.3) is 0 Å². The van der Waals surface area contributed by atoms with Crippen molar-refractivity contribution in [1.82, 2.24) is 9.88 Å². The summed E-state index contributed by atoms with van der Waals surface area (Å²) in [5.41, 5.74) is 8.15. The minimum Gasteiger partial charge on any atom is -0.493 e. The number of ether oxygens (including phenoxy) is 2. The van der Waals surface area contributed by atoms with E-state index in [-0.39, 0.29) is 17.7 Å². The first-order valence-corrected chi connectivity index (χ1v) is 8.98. The van der Waals surface area contributed by atoms with Gasteiger partial charge in [-0.25, -0.2) is 0 Å². The standard InChI is InChI=1S/C20H23N3O3/c21-20(24)18-12-23(10-14-1-2-19-15(9-14)5-8-25-19)11-16(18)13-26-17-3-6-22-7-4-17/h1-4,6-7,9,16,18H,5,8,10-13H2,(H2,21,24)/t16-,18+/m0/s1. The van der Waals surface area contributed by atoms with Gasteiger partial charge in [-0.05, 0) is 29.3 Å². The van der Waals surface area contributed by atoms with Crippen molar-refractivity contribution >= 4 is 5.91 Å². The number of nitrogens with zero attached hydrogens (tertiary/aromatic N) is 2. The molecule has 0 radical (unpaired) electrons. The average molecular weight is 353 g/mol. The lowest BCUT2D eigenvalue weighted by atomic mass is 9.96. The van der Waals surface area contributed by atoms with Crippen LogP contribution in [0.3, 0.4) is 0 Å². The van der Waals surface area contributed by atoms with Gasteiger partial charge in [0.25, 0.3) is 0 Å². The van der Waals surface area contributed by atoms with Crippen molar-refractivity contribution in [2.75, 3.05) is 26.3 Å². The Balaban J connectivity index is 1.39. The van der Waals surface area contributed by atoms with E-state index >= 15 is 0 Å². The van der Waals surface area contributed by atoms with E-state index in [9.17, 15) is 4.79 Å². The number of aromatic nitrogens is 1. The number of hydrogen-bond donors (Lipinski definition) is 1. The van der Waals surface area contributed by atoms with Crippen molar-refractivity contribution in [2.24, 2.45) is 17.6 Å². The van der Waals surface area contributed by atoms with E-state index in [0.717, 1.165) is 37.6 Å². The number of likely N-dealkylation sites (tertiary alicyclic amines) is 1. The van der Waals surface area contributed by atoms with Gasteiger partial charge in [0, 0.05) is 44.4 Å². The fourth-order valence-corrected chi connectivity index (χ4v) is 3.82. The summed E-state index contributed by atoms with van der Waals surface area (Å²) in [5.74, 6) is 1.42. The Morgan fingerprint density at radius 1 is 1.27 bits per heavy atom. The molecule has 2 aliphatic rings. The summed E-state index contributed by atoms with van der Waals surface area (Å²) < 4.78 is 11.4. The summed E-state index contributed by atoms with van der Waals surface area (Å²) in [6.45, 7) is 3.52. The van der Waals surface area contributed by atoms with E-state index in [1.807, 2.05) is 18.2 Å². The van der Waals surface area contributed by atoms with Gasteiger partial charge in [0.2, 0.25) is 5.91 Å². The van der Waals surface area contributed by atoms with Crippen LogP contribution in [-0.2, 0) is 17.8 Å². The average Bonchev–Trinajstić information content (AvgIpc) is 3.27. The monoisotopic (exact) mass is 353 g/mol. The van der Waals surface area contributed by atoms with Crippen LogP contribution < -0.4 is 15.2 Å². The molecule has 1 aromatic carbocycles. The van der Waals surface area contributed by atoms with Crippen molar-refractivity contribution in [3.8, 4) is 11.5 Å². The molecule has 1 saturated heterocycles. The summed E-state index contributed by atoms with van der Waals surface area (Å²) in [4.78, 5) is 18.2. The van der Waals surface area contributed by atoms with Crippen molar-refractivity contribution in [3.05, 3.63) is 53.9 Å². The zero-order chi connectivity index (χ0) is 17.9. The number of fused-ring (bicyclic) bond motifs is 1. The Labute approximate surface area is 152 Å². The molecule has 6 heteroatoms. The molecule has 4 rings (SSSR count). The normalized spacial score (nSPS) is 22.0. The van der Waals surface area contributed by atoms with E-state index in [0.29, 0.717) is 13.2 Å². The number of primary amides is 1. The first-order chi connectivity index (χ1) is 12.7. The summed E-state index contributed by atoms with van der Waals surface area (Å²) in [6.07, 6.45) is 4.36. The van der Waals surface area contributed by atoms with E-state index in [2.05, 4.69) is 22.0 Å². The highest BCUT2D eigenvalue weighted by molar-refractivity contribution is 5.77. The summed E-state index contributed by atoms with van der Waals surface area (Å²) in [5, 5.41) is 0. The third kappa shape index (κ3) is 3.65. The van der Waals surface area contributed by atoms with E-state index in [1.54, 1.807) is 12.4 Å². The Kier molecular flexibility index (Phi) is 4.75. The van der Waals surface area contributed by atoms with Crippen LogP contribution in [0.5, 0.6) is 11.5 Å². The smallest absolute Gasteiger partial charge is 0.222 e. The Bertz CT molecular complexity index is 781. The van der Waals surface area contributed by atoms with Gasteiger partial charge in [0.1, 0.15) is 11.5 Å². The van der Waals surface area contributed by atoms with Gasteiger partial charge in [-0.3, -0.25) is 14.7 Å². The Morgan fingerprint density at radius 3 is 2.92 bits per heavy atom. The molecule has 0 bridgehead atoms. The number of carbonyl (C=O) groups is 1. The Hall–Kier alpha value is -2.60. The quantitative estimate of drug-likeness (QED) is 0.854. The molecule has 1 amide bonds. The summed E-state index contributed by atoms with van der Waals surface area (Å²) >= 11 is 0. The fourth-order valence-electron chi connectivity index (χ4n) is 3.82. The van der Waals surface area contributed by atoms with Crippen molar-refractivity contribution in [2.45, 2.75) is 13.0 Å². The molecule has 0 saturated carbocycles. The van der Waals surface area contributed by atoms with Gasteiger partial charge in [-0.1, -0.05) is 12.1 Å². The Morgan fingerprint density at radius 2 is 2.12 bits per heavy atom. The number of pyridine rings is 1. The van der Waals surface area contributed by atoms with Crippen molar-refractivity contribution in [3.63, 3.8) is 0 Å². The molecule has 3 heterocycles. The first kappa shape index (κ1) is 16.8. The van der Waals surface area contributed by atoms with Crippen LogP contribution in [0, 0.1) is 11.8 Å². The van der Waals surface area contributed by atoms with Gasteiger partial charge in [0.05, 0.1) is 19.1 Å². The molecular formula is C20H23N3O3. The molecule has 2 atom stereocenters. The van der Waals surface area contributed by atoms with Gasteiger partial charge in [-0.2, -0.15) is 0 Å². The van der Waals surface area contributed by atoms with Gasteiger partial charge >= 0.3 is 0 Å². The second kappa shape index (κ2) is 7.33. The predicted molar refractivity (Wildman–Crippen MR) is 96.8 cm³/mol. The SMILES string of the molecule is NC(=O)[C@@H]1CN(Cc2ccc3c(c2)CCO3)C[C@H]1COc1ccncc1. The van der Waals surface area contributed by atoms with E-state index in [1.165, 1.54) is 11.1 Å². The first-order valence-electron chi connectivity index (χ1n) is 8.98. The van der Waals surface area contributed by atoms with Gasteiger partial charge in [-0.15, -0.1) is 0 Å². The van der Waals surface area contributed by atoms with Crippen molar-refractivity contribution < 1.29 is 14.3 Å². The number of carbonyl (C=O) groups excluding carboxylic acids is 1. The molecule has 2 aliphatic heterocycles. The maximum atomic E-state index is 11.9. The maximum absolute atomic E-state index is 11.9. The second-order valence-corrected chi connectivity index (χ2v) is 7.00. The highest BCUT2D eigenvalue weighted by Gasteiger charge is 2.36. The van der Waals surface area contributed by atoms with Crippen LogP contribution in [0.2, 0.25) is 0 Å². The zero-order valence-electron chi connectivity index (χ0n) is 14.6. The predicted octanol–water partition coefficient (Wildman–Crippen LogP) is 1.63. The molecular weight excluding hydrogens is 330 g/mol. The van der Waals surface area contributed by atoms with Crippen LogP contribution in [0.1, 0.15) is 11.1 Å². The molecule has 2 N–H and O–H groups in total. The third-order valence-corrected chi connectivity index (χ3v) is 5.16. The molecule has 0 unspecified atom stereocenters. The number of benzene rings is 1. The summed E-state index contributed by atoms with van der Waals surface area (Å²) in [6, 6.07) is 9.99. The lowest BCUT2D eigenvalue weighted by Crippen LogP contribution is -2.32. The van der Waals surface area contributed by atoms with Crippen LogP contribution in [0.15, 0.2) is 42.7 Å². The molecule has 0 aliphatic carbocycles. The molecule has 0 spiro atoms. The van der Waals surface area contributed by atoms with Gasteiger partial charge in [0.15, 0.2) is 0 Å². The third-order valence-electron chi connectivity index (χ3n) is 5.16. The number of rotatable bonds is 6. The summed E-state index contributed by atoms with van der Waals surface area (Å²) in [7, 11) is 0. The largest absolute Gasteiger partial charge is 0.493 e. The second-order valence-electron chi connectivity index (χ2n) is 7.00. The molecule has 1 fully saturated rings. The molecule has 1 aromatic heterocycles.